The van der Waals surface area contributed by atoms with Crippen LogP contribution < -0.4 is 4.74 Å². The Kier molecular flexibility index (Phi) is 6.67. The molecule has 1 aromatic carbocycles. The van der Waals surface area contributed by atoms with Crippen LogP contribution in [0.4, 0.5) is 0 Å². The monoisotopic (exact) mass is 363 g/mol. The number of rotatable bonds is 9. The molecule has 0 aliphatic carbocycles. The first kappa shape index (κ1) is 19.4. The summed E-state index contributed by atoms with van der Waals surface area (Å²) >= 11 is 0. The van der Waals surface area contributed by atoms with Crippen molar-refractivity contribution in [1.29, 1.82) is 0 Å². The average molecular weight is 363 g/mol. The summed E-state index contributed by atoms with van der Waals surface area (Å²) in [5.74, 6) is -0.361. The average Bonchev–Trinajstić information content (AvgIpc) is 3.08. The van der Waals surface area contributed by atoms with Crippen LogP contribution in [-0.4, -0.2) is 52.3 Å². The number of amides is 1. The van der Waals surface area contributed by atoms with Crippen LogP contribution in [0.1, 0.15) is 42.0 Å². The number of carbonyl (C=O) groups excluding carboxylic acids is 1. The van der Waals surface area contributed by atoms with E-state index in [0.29, 0.717) is 29.6 Å². The van der Waals surface area contributed by atoms with Gasteiger partial charge in [0.15, 0.2) is 12.4 Å². The first-order valence-electron chi connectivity index (χ1n) is 8.05. The Morgan fingerprint density at radius 2 is 2.15 bits per heavy atom. The molecule has 26 heavy (non-hydrogen) atoms. The van der Waals surface area contributed by atoms with Gasteiger partial charge in [0.25, 0.3) is 5.91 Å². The highest BCUT2D eigenvalue weighted by Crippen LogP contribution is 2.17. The molecule has 0 fully saturated rings. The third-order valence-corrected chi connectivity index (χ3v) is 3.43. The van der Waals surface area contributed by atoms with E-state index in [1.807, 2.05) is 13.8 Å². The van der Waals surface area contributed by atoms with E-state index >= 15 is 0 Å². The van der Waals surface area contributed by atoms with E-state index in [1.165, 1.54) is 11.0 Å². The first-order chi connectivity index (χ1) is 12.4. The van der Waals surface area contributed by atoms with Crippen molar-refractivity contribution in [1.82, 2.24) is 15.0 Å². The van der Waals surface area contributed by atoms with Crippen LogP contribution in [-0.2, 0) is 16.1 Å². The van der Waals surface area contributed by atoms with Gasteiger partial charge < -0.3 is 24.0 Å². The van der Waals surface area contributed by atoms with Gasteiger partial charge in [-0.3, -0.25) is 4.79 Å². The maximum absolute atomic E-state index is 12.5. The molecule has 0 saturated carbocycles. The molecule has 1 unspecified atom stereocenters. The molecule has 140 valence electrons. The topological polar surface area (TPSA) is 115 Å². The maximum Gasteiger partial charge on any atom is 0.341 e. The van der Waals surface area contributed by atoms with E-state index in [2.05, 4.69) is 10.1 Å². The molecule has 0 spiro atoms. The van der Waals surface area contributed by atoms with Crippen molar-refractivity contribution in [3.63, 3.8) is 0 Å². The third kappa shape index (κ3) is 5.28. The van der Waals surface area contributed by atoms with Crippen LogP contribution in [0, 0.1) is 0 Å². The summed E-state index contributed by atoms with van der Waals surface area (Å²) < 4.78 is 15.6. The summed E-state index contributed by atoms with van der Waals surface area (Å²) in [6.45, 7) is 3.87. The van der Waals surface area contributed by atoms with Crippen molar-refractivity contribution in [2.24, 2.45) is 0 Å². The molecule has 0 aliphatic rings. The molecule has 0 saturated heterocycles. The Morgan fingerprint density at radius 1 is 1.38 bits per heavy atom. The number of ether oxygens (including phenoxy) is 2. The quantitative estimate of drug-likeness (QED) is 0.718. The molecule has 9 heteroatoms. The smallest absolute Gasteiger partial charge is 0.341 e. The summed E-state index contributed by atoms with van der Waals surface area (Å²) in [5.41, 5.74) is 0.359. The molecule has 2 aromatic rings. The standard InChI is InChI=1S/C17H21N3O6/c1-4-24-11(2)16-18-14(26-19-16)9-20(3)17(23)12-6-5-7-13(8-12)25-10-15(21)22/h5-8,11H,4,9-10H2,1-3H3,(H,21,22). The van der Waals surface area contributed by atoms with Gasteiger partial charge in [-0.2, -0.15) is 4.98 Å². The zero-order valence-electron chi connectivity index (χ0n) is 14.8. The summed E-state index contributed by atoms with van der Waals surface area (Å²) in [5, 5.41) is 12.5. The largest absolute Gasteiger partial charge is 0.482 e. The van der Waals surface area contributed by atoms with Gasteiger partial charge in [0.05, 0.1) is 6.54 Å². The lowest BCUT2D eigenvalue weighted by atomic mass is 10.2. The van der Waals surface area contributed by atoms with Gasteiger partial charge in [0, 0.05) is 19.2 Å². The fraction of sp³-hybridized carbons (Fsp3) is 0.412. The molecule has 1 amide bonds. The van der Waals surface area contributed by atoms with E-state index in [0.717, 1.165) is 0 Å². The Hall–Kier alpha value is -2.94. The van der Waals surface area contributed by atoms with Crippen molar-refractivity contribution >= 4 is 11.9 Å². The highest BCUT2D eigenvalue weighted by molar-refractivity contribution is 5.94. The molecule has 0 radical (unpaired) electrons. The van der Waals surface area contributed by atoms with Crippen LogP contribution in [0.15, 0.2) is 28.8 Å². The molecule has 1 aromatic heterocycles. The van der Waals surface area contributed by atoms with E-state index in [1.54, 1.807) is 25.2 Å². The van der Waals surface area contributed by atoms with Crippen molar-refractivity contribution in [2.75, 3.05) is 20.3 Å². The second kappa shape index (κ2) is 8.95. The number of nitrogens with zero attached hydrogens (tertiary/aromatic N) is 3. The van der Waals surface area contributed by atoms with E-state index in [4.69, 9.17) is 19.1 Å². The number of hydrogen-bond acceptors (Lipinski definition) is 7. The van der Waals surface area contributed by atoms with E-state index in [9.17, 15) is 9.59 Å². The highest BCUT2D eigenvalue weighted by Gasteiger charge is 2.18. The van der Waals surface area contributed by atoms with Gasteiger partial charge in [-0.05, 0) is 32.0 Å². The number of benzene rings is 1. The summed E-state index contributed by atoms with van der Waals surface area (Å²) in [4.78, 5) is 28.7. The summed E-state index contributed by atoms with van der Waals surface area (Å²) in [6.07, 6.45) is -0.290. The van der Waals surface area contributed by atoms with Gasteiger partial charge in [0.1, 0.15) is 11.9 Å². The van der Waals surface area contributed by atoms with Gasteiger partial charge in [-0.15, -0.1) is 0 Å². The second-order valence-corrected chi connectivity index (χ2v) is 5.52. The molecule has 2 rings (SSSR count). The normalized spacial score (nSPS) is 11.8. The number of aliphatic carboxylic acids is 1. The van der Waals surface area contributed by atoms with Crippen molar-refractivity contribution < 1.29 is 28.7 Å². The number of aromatic nitrogens is 2. The van der Waals surface area contributed by atoms with Crippen LogP contribution in [0.25, 0.3) is 0 Å². The van der Waals surface area contributed by atoms with Crippen molar-refractivity contribution in [3.8, 4) is 5.75 Å². The fourth-order valence-electron chi connectivity index (χ4n) is 2.18. The molecule has 0 bridgehead atoms. The molecular formula is C17H21N3O6. The van der Waals surface area contributed by atoms with E-state index < -0.39 is 12.6 Å². The Labute approximate surface area is 150 Å². The van der Waals surface area contributed by atoms with Gasteiger partial charge in [-0.1, -0.05) is 11.2 Å². The molecule has 9 nitrogen and oxygen atoms in total. The minimum Gasteiger partial charge on any atom is -0.482 e. The molecular weight excluding hydrogens is 342 g/mol. The van der Waals surface area contributed by atoms with Crippen LogP contribution in [0.3, 0.4) is 0 Å². The first-order valence-corrected chi connectivity index (χ1v) is 8.05. The minimum absolute atomic E-state index is 0.130. The fourth-order valence-corrected chi connectivity index (χ4v) is 2.18. The number of carboxylic acids is 1. The van der Waals surface area contributed by atoms with Crippen molar-refractivity contribution in [3.05, 3.63) is 41.5 Å². The number of carbonyl (C=O) groups is 2. The molecule has 1 atom stereocenters. The van der Waals surface area contributed by atoms with Gasteiger partial charge in [0.2, 0.25) is 5.89 Å². The lowest BCUT2D eigenvalue weighted by Gasteiger charge is -2.15. The van der Waals surface area contributed by atoms with Crippen molar-refractivity contribution in [2.45, 2.75) is 26.5 Å². The van der Waals surface area contributed by atoms with E-state index in [-0.39, 0.29) is 18.6 Å². The second-order valence-electron chi connectivity index (χ2n) is 5.52. The molecule has 1 N–H and O–H groups in total. The maximum atomic E-state index is 12.5. The number of carboxylic acid groups (broad SMARTS) is 1. The van der Waals surface area contributed by atoms with Gasteiger partial charge >= 0.3 is 5.97 Å². The molecule has 0 aliphatic heterocycles. The summed E-state index contributed by atoms with van der Waals surface area (Å²) in [6, 6.07) is 6.30. The Morgan fingerprint density at radius 3 is 2.85 bits per heavy atom. The molecule has 1 heterocycles. The lowest BCUT2D eigenvalue weighted by molar-refractivity contribution is -0.139. The predicted molar refractivity (Wildman–Crippen MR) is 89.7 cm³/mol. The number of hydrogen-bond donors (Lipinski definition) is 1. The van der Waals surface area contributed by atoms with Crippen LogP contribution in [0.2, 0.25) is 0 Å². The Balaban J connectivity index is 2.01. The Bertz CT molecular complexity index is 760. The summed E-state index contributed by atoms with van der Waals surface area (Å²) in [7, 11) is 1.60. The van der Waals surface area contributed by atoms with Gasteiger partial charge in [-0.25, -0.2) is 4.79 Å². The third-order valence-electron chi connectivity index (χ3n) is 3.43. The van der Waals surface area contributed by atoms with Crippen LogP contribution >= 0.6 is 0 Å². The zero-order chi connectivity index (χ0) is 19.1. The zero-order valence-corrected chi connectivity index (χ0v) is 14.8. The lowest BCUT2D eigenvalue weighted by Crippen LogP contribution is -2.26. The van der Waals surface area contributed by atoms with Crippen LogP contribution in [0.5, 0.6) is 5.75 Å². The predicted octanol–water partition coefficient (Wildman–Crippen LogP) is 1.90. The highest BCUT2D eigenvalue weighted by atomic mass is 16.5. The minimum atomic E-state index is -1.09. The SMILES string of the molecule is CCOC(C)c1noc(CN(C)C(=O)c2cccc(OCC(=O)O)c2)n1.